The van der Waals surface area contributed by atoms with Crippen LogP contribution in [0.25, 0.3) is 16.6 Å². The van der Waals surface area contributed by atoms with E-state index in [1.54, 1.807) is 18.5 Å². The van der Waals surface area contributed by atoms with Crippen LogP contribution in [0.1, 0.15) is 12.0 Å². The van der Waals surface area contributed by atoms with Crippen LogP contribution >= 0.6 is 11.6 Å². The smallest absolute Gasteiger partial charge is 0.318 e. The van der Waals surface area contributed by atoms with E-state index >= 15 is 0 Å². The van der Waals surface area contributed by atoms with Crippen molar-refractivity contribution in [1.29, 1.82) is 0 Å². The van der Waals surface area contributed by atoms with Gasteiger partial charge in [-0.05, 0) is 18.6 Å². The van der Waals surface area contributed by atoms with Gasteiger partial charge in [-0.3, -0.25) is 9.98 Å². The van der Waals surface area contributed by atoms with Crippen LogP contribution < -0.4 is 5.73 Å². The summed E-state index contributed by atoms with van der Waals surface area (Å²) in [4.78, 5) is 12.9. The van der Waals surface area contributed by atoms with Crippen LogP contribution in [0.15, 0.2) is 35.6 Å². The summed E-state index contributed by atoms with van der Waals surface area (Å²) in [6, 6.07) is 5.52. The van der Waals surface area contributed by atoms with Gasteiger partial charge in [0.15, 0.2) is 11.6 Å². The topological polar surface area (TPSA) is 64.2 Å². The normalized spacial score (nSPS) is 12.4. The highest BCUT2D eigenvalue weighted by atomic mass is 35.5. The molecule has 20 heavy (non-hydrogen) atoms. The lowest BCUT2D eigenvalue weighted by Gasteiger charge is -2.02. The van der Waals surface area contributed by atoms with Gasteiger partial charge in [-0.25, -0.2) is 0 Å². The monoisotopic (exact) mass is 309 g/mol. The van der Waals surface area contributed by atoms with Gasteiger partial charge in [0.25, 0.3) is 0 Å². The number of rotatable bonds is 5. The average molecular weight is 310 g/mol. The molecule has 0 saturated heterocycles. The molecule has 2 N–H and O–H groups in total. The molecule has 0 aromatic carbocycles. The molecule has 0 spiro atoms. The highest BCUT2D eigenvalue weighted by molar-refractivity contribution is 6.17. The zero-order chi connectivity index (χ0) is 14.4. The first-order chi connectivity index (χ1) is 9.74. The second kappa shape index (κ2) is 7.22. The number of nitrogens with zero attached hydrogens (tertiary/aromatic N) is 3. The number of allylic oxidation sites excluding steroid dienone is 1. The number of halogens is 2. The lowest BCUT2D eigenvalue weighted by Crippen LogP contribution is -1.95. The first-order valence-corrected chi connectivity index (χ1v) is 7.10. The number of aromatic nitrogens is 2. The van der Waals surface area contributed by atoms with E-state index < -0.39 is 0 Å². The predicted molar refractivity (Wildman–Crippen MR) is 81.0 cm³/mol. The third-order valence-corrected chi connectivity index (χ3v) is 3.17. The second-order valence-electron chi connectivity index (χ2n) is 4.11. The lowest BCUT2D eigenvalue weighted by atomic mass is 10.1. The van der Waals surface area contributed by atoms with Crippen LogP contribution in [0.4, 0.5) is 0 Å². The van der Waals surface area contributed by atoms with Gasteiger partial charge in [-0.1, -0.05) is 0 Å². The van der Waals surface area contributed by atoms with Gasteiger partial charge in [0, 0.05) is 48.2 Å². The van der Waals surface area contributed by atoms with Gasteiger partial charge in [-0.15, -0.1) is 11.6 Å². The molecule has 4 nitrogen and oxygen atoms in total. The third-order valence-electron chi connectivity index (χ3n) is 2.68. The summed E-state index contributed by atoms with van der Waals surface area (Å²) in [5.74, 6) is 0.599. The first-order valence-electron chi connectivity index (χ1n) is 6.16. The predicted octanol–water partition coefficient (Wildman–Crippen LogP) is 2.33. The molecule has 0 fully saturated rings. The van der Waals surface area contributed by atoms with Crippen molar-refractivity contribution < 1.29 is 11.6 Å². The highest BCUT2D eigenvalue weighted by Crippen LogP contribution is 2.17. The molecule has 0 aliphatic rings. The third kappa shape index (κ3) is 3.68. The van der Waals surface area contributed by atoms with Crippen molar-refractivity contribution >= 4 is 34.4 Å². The molecule has 2 heterocycles. The molecule has 2 rings (SSSR count). The highest BCUT2D eigenvalue weighted by Gasteiger charge is 2.05. The fraction of sp³-hybridized carbons (Fsp3) is 0.214. The summed E-state index contributed by atoms with van der Waals surface area (Å²) in [6.07, 6.45) is 5.82. The van der Waals surface area contributed by atoms with Crippen molar-refractivity contribution in [2.75, 3.05) is 12.4 Å². The number of aliphatic imine (C=N–C) groups is 1. The molecule has 2 aromatic heterocycles. The molecular formula is C14H15Cl2N4+. The SMILES string of the molecule is NC=C(C=NCCCCl)c1cnc2ccc([ClH+])nc2c1. The molecule has 0 radical (unpaired) electrons. The lowest BCUT2D eigenvalue weighted by molar-refractivity contribution is -0.295. The Kier molecular flexibility index (Phi) is 5.32. The minimum Gasteiger partial charge on any atom is -0.404 e. The molecule has 0 bridgehead atoms. The largest absolute Gasteiger partial charge is 0.404 e. The molecule has 6 heteroatoms. The Labute approximate surface area is 127 Å². The Balaban J connectivity index is 2.28. The number of nitrogens with two attached hydrogens (primary N) is 1. The minimum atomic E-state index is 0.547. The van der Waals surface area contributed by atoms with Crippen molar-refractivity contribution in [3.63, 3.8) is 0 Å². The summed E-state index contributed by atoms with van der Waals surface area (Å²) in [7, 11) is 0. The van der Waals surface area contributed by atoms with Crippen LogP contribution in [0, 0.1) is 11.6 Å². The van der Waals surface area contributed by atoms with E-state index in [0.29, 0.717) is 17.6 Å². The Hall–Kier alpha value is -1.65. The Morgan fingerprint density at radius 3 is 3.00 bits per heavy atom. The quantitative estimate of drug-likeness (QED) is 0.399. The van der Waals surface area contributed by atoms with Gasteiger partial charge < -0.3 is 5.73 Å². The number of hydrogen-bond acceptors (Lipinski definition) is 4. The summed E-state index contributed by atoms with van der Waals surface area (Å²) in [5, 5.41) is 0.547. The minimum absolute atomic E-state index is 0.547. The van der Waals surface area contributed by atoms with Crippen LogP contribution in [0.2, 0.25) is 5.15 Å². The number of hydrogen-bond donors (Lipinski definition) is 1. The average Bonchev–Trinajstić information content (AvgIpc) is 2.46. The maximum Gasteiger partial charge on any atom is 0.318 e. The maximum absolute atomic E-state index is 5.65. The van der Waals surface area contributed by atoms with Crippen LogP contribution in [-0.2, 0) is 0 Å². The summed E-state index contributed by atoms with van der Waals surface area (Å²) < 4.78 is 0. The summed E-state index contributed by atoms with van der Waals surface area (Å²) in [6.45, 7) is 0.677. The molecule has 104 valence electrons. The molecular weight excluding hydrogens is 295 g/mol. The number of alkyl halides is 1. The van der Waals surface area contributed by atoms with Gasteiger partial charge >= 0.3 is 5.15 Å². The molecule has 2 aromatic rings. The molecule has 0 amide bonds. The van der Waals surface area contributed by atoms with Crippen molar-refractivity contribution in [1.82, 2.24) is 9.97 Å². The van der Waals surface area contributed by atoms with E-state index in [1.807, 2.05) is 12.1 Å². The molecule has 0 aliphatic heterocycles. The van der Waals surface area contributed by atoms with Crippen molar-refractivity contribution in [2.24, 2.45) is 10.7 Å². The van der Waals surface area contributed by atoms with Crippen LogP contribution in [-0.4, -0.2) is 28.6 Å². The fourth-order valence-electron chi connectivity index (χ4n) is 1.67. The maximum atomic E-state index is 5.65. The van der Waals surface area contributed by atoms with Crippen molar-refractivity contribution in [2.45, 2.75) is 6.42 Å². The zero-order valence-electron chi connectivity index (χ0n) is 10.8. The molecule has 0 unspecified atom stereocenters. The molecule has 0 aliphatic carbocycles. The van der Waals surface area contributed by atoms with E-state index in [2.05, 4.69) is 15.0 Å². The Morgan fingerprint density at radius 2 is 2.25 bits per heavy atom. The number of pyridine rings is 2. The Morgan fingerprint density at radius 1 is 1.40 bits per heavy atom. The van der Waals surface area contributed by atoms with Crippen molar-refractivity contribution in [3.8, 4) is 0 Å². The fourth-order valence-corrected chi connectivity index (χ4v) is 1.96. The van der Waals surface area contributed by atoms with Gasteiger partial charge in [0.1, 0.15) is 0 Å². The van der Waals surface area contributed by atoms with E-state index in [-0.39, 0.29) is 0 Å². The van der Waals surface area contributed by atoms with E-state index in [0.717, 1.165) is 28.6 Å². The standard InChI is InChI=1S/C14H15Cl2N4/c15-4-1-5-18-8-11(7-17)10-6-13-12(19-9-10)2-3-14(16)20-13/h2-3,6-9,16H,1,4-5,17H2/q+1. The van der Waals surface area contributed by atoms with Crippen LogP contribution in [0.3, 0.4) is 0 Å². The van der Waals surface area contributed by atoms with E-state index in [9.17, 15) is 0 Å². The van der Waals surface area contributed by atoms with Crippen molar-refractivity contribution in [3.05, 3.63) is 41.3 Å². The molecule has 0 saturated carbocycles. The van der Waals surface area contributed by atoms with E-state index in [1.165, 1.54) is 6.20 Å². The zero-order valence-corrected chi connectivity index (χ0v) is 12.4. The Bertz CT molecular complexity index is 653. The molecule has 0 atom stereocenters. The number of fused-ring (bicyclic) bond motifs is 1. The van der Waals surface area contributed by atoms with E-state index in [4.69, 9.17) is 28.9 Å². The van der Waals surface area contributed by atoms with Crippen LogP contribution in [0.5, 0.6) is 0 Å². The van der Waals surface area contributed by atoms with Gasteiger partial charge in [0.2, 0.25) is 0 Å². The summed E-state index contributed by atoms with van der Waals surface area (Å²) >= 11 is 10.7. The second-order valence-corrected chi connectivity index (χ2v) is 4.91. The van der Waals surface area contributed by atoms with Gasteiger partial charge in [-0.2, -0.15) is 4.98 Å². The van der Waals surface area contributed by atoms with Gasteiger partial charge in [0.05, 0.1) is 11.0 Å². The first kappa shape index (κ1) is 14.8. The summed E-state index contributed by atoms with van der Waals surface area (Å²) in [5.41, 5.74) is 8.86.